The van der Waals surface area contributed by atoms with Gasteiger partial charge < -0.3 is 5.32 Å². The highest BCUT2D eigenvalue weighted by Crippen LogP contribution is 2.17. The van der Waals surface area contributed by atoms with Gasteiger partial charge in [0.15, 0.2) is 0 Å². The molecule has 0 aliphatic heterocycles. The third kappa shape index (κ3) is 3.21. The number of halogens is 2. The van der Waals surface area contributed by atoms with E-state index in [1.54, 1.807) is 6.07 Å². The third-order valence-corrected chi connectivity index (χ3v) is 3.98. The normalized spacial score (nSPS) is 10.1. The number of carbonyl (C=O) groups excluding carboxylic acids is 1. The van der Waals surface area contributed by atoms with Crippen LogP contribution >= 0.6 is 31.9 Å². The highest BCUT2D eigenvalue weighted by molar-refractivity contribution is 9.10. The van der Waals surface area contributed by atoms with Crippen molar-refractivity contribution >= 4 is 37.8 Å². The van der Waals surface area contributed by atoms with Gasteiger partial charge in [0, 0.05) is 15.5 Å². The molecule has 0 heterocycles. The van der Waals surface area contributed by atoms with Crippen LogP contribution in [0.1, 0.15) is 15.9 Å². The Bertz CT molecular complexity index is 569. The van der Waals surface area contributed by atoms with E-state index in [2.05, 4.69) is 37.2 Å². The Hall–Kier alpha value is -1.13. The minimum atomic E-state index is -0.0850. The summed E-state index contributed by atoms with van der Waals surface area (Å²) in [5.74, 6) is -0.0850. The maximum absolute atomic E-state index is 12.0. The Kier molecular flexibility index (Phi) is 4.55. The summed E-state index contributed by atoms with van der Waals surface area (Å²) in [7, 11) is 0. The molecule has 0 aliphatic rings. The molecule has 18 heavy (non-hydrogen) atoms. The molecular formula is C14H11Br2NO. The molecule has 92 valence electrons. The predicted octanol–water partition coefficient (Wildman–Crippen LogP) is 4.14. The van der Waals surface area contributed by atoms with Gasteiger partial charge in [0.2, 0.25) is 0 Å². The van der Waals surface area contributed by atoms with Crippen LogP contribution in [0.25, 0.3) is 0 Å². The molecule has 2 nitrogen and oxygen atoms in total. The van der Waals surface area contributed by atoms with E-state index in [0.717, 1.165) is 14.5 Å². The second-order valence-electron chi connectivity index (χ2n) is 3.75. The molecule has 2 aromatic carbocycles. The summed E-state index contributed by atoms with van der Waals surface area (Å²) < 4.78 is 1.80. The van der Waals surface area contributed by atoms with E-state index in [9.17, 15) is 4.79 Å². The molecule has 0 aromatic heterocycles. The minimum Gasteiger partial charge on any atom is -0.348 e. The molecule has 1 amide bonds. The number of hydrogen-bond donors (Lipinski definition) is 1. The van der Waals surface area contributed by atoms with E-state index < -0.39 is 0 Å². The molecule has 0 fully saturated rings. The van der Waals surface area contributed by atoms with Gasteiger partial charge in [-0.05, 0) is 39.7 Å². The molecule has 2 aromatic rings. The second kappa shape index (κ2) is 6.16. The van der Waals surface area contributed by atoms with Gasteiger partial charge in [0.25, 0.3) is 5.91 Å². The molecule has 2 rings (SSSR count). The van der Waals surface area contributed by atoms with Gasteiger partial charge >= 0.3 is 0 Å². The Labute approximate surface area is 123 Å². The van der Waals surface area contributed by atoms with Gasteiger partial charge in [-0.15, -0.1) is 0 Å². The van der Waals surface area contributed by atoms with Crippen LogP contribution in [0, 0.1) is 0 Å². The average Bonchev–Trinajstić information content (AvgIpc) is 2.38. The standard InChI is InChI=1S/C14H11Br2NO/c15-12-7-3-1-5-10(12)9-17-14(18)11-6-2-4-8-13(11)16/h1-8H,9H2,(H,17,18). The van der Waals surface area contributed by atoms with Crippen molar-refractivity contribution < 1.29 is 4.79 Å². The molecule has 0 unspecified atom stereocenters. The van der Waals surface area contributed by atoms with Crippen LogP contribution < -0.4 is 5.32 Å². The predicted molar refractivity (Wildman–Crippen MR) is 79.5 cm³/mol. The van der Waals surface area contributed by atoms with Crippen LogP contribution in [-0.2, 0) is 6.54 Å². The second-order valence-corrected chi connectivity index (χ2v) is 5.46. The van der Waals surface area contributed by atoms with Gasteiger partial charge in [0.1, 0.15) is 0 Å². The molecule has 0 atom stereocenters. The van der Waals surface area contributed by atoms with E-state index in [0.29, 0.717) is 12.1 Å². The van der Waals surface area contributed by atoms with Crippen molar-refractivity contribution in [2.75, 3.05) is 0 Å². The zero-order valence-corrected chi connectivity index (χ0v) is 12.7. The van der Waals surface area contributed by atoms with E-state index in [1.807, 2.05) is 42.5 Å². The molecule has 4 heteroatoms. The lowest BCUT2D eigenvalue weighted by Gasteiger charge is -2.08. The van der Waals surface area contributed by atoms with E-state index in [1.165, 1.54) is 0 Å². The van der Waals surface area contributed by atoms with Crippen molar-refractivity contribution in [1.29, 1.82) is 0 Å². The smallest absolute Gasteiger partial charge is 0.252 e. The van der Waals surface area contributed by atoms with E-state index in [4.69, 9.17) is 0 Å². The first-order valence-corrected chi connectivity index (χ1v) is 7.03. The summed E-state index contributed by atoms with van der Waals surface area (Å²) in [6, 6.07) is 15.2. The fraction of sp³-hybridized carbons (Fsp3) is 0.0714. The summed E-state index contributed by atoms with van der Waals surface area (Å²) in [6.45, 7) is 0.502. The molecule has 0 saturated heterocycles. The number of amides is 1. The molecular weight excluding hydrogens is 358 g/mol. The van der Waals surface area contributed by atoms with Crippen molar-refractivity contribution in [3.8, 4) is 0 Å². The van der Waals surface area contributed by atoms with Crippen LogP contribution in [0.5, 0.6) is 0 Å². The van der Waals surface area contributed by atoms with Crippen LogP contribution in [0.2, 0.25) is 0 Å². The quantitative estimate of drug-likeness (QED) is 0.866. The Morgan fingerprint density at radius 3 is 2.22 bits per heavy atom. The Balaban J connectivity index is 2.06. The molecule has 0 aliphatic carbocycles. The minimum absolute atomic E-state index is 0.0850. The van der Waals surface area contributed by atoms with Crippen LogP contribution in [0.15, 0.2) is 57.5 Å². The van der Waals surface area contributed by atoms with Crippen molar-refractivity contribution in [2.24, 2.45) is 0 Å². The van der Waals surface area contributed by atoms with E-state index in [-0.39, 0.29) is 5.91 Å². The number of hydrogen-bond acceptors (Lipinski definition) is 1. The maximum atomic E-state index is 12.0. The maximum Gasteiger partial charge on any atom is 0.252 e. The number of rotatable bonds is 3. The number of benzene rings is 2. The van der Waals surface area contributed by atoms with E-state index >= 15 is 0 Å². The highest BCUT2D eigenvalue weighted by Gasteiger charge is 2.09. The van der Waals surface area contributed by atoms with Gasteiger partial charge in [-0.25, -0.2) is 0 Å². The van der Waals surface area contributed by atoms with Crippen molar-refractivity contribution in [3.63, 3.8) is 0 Å². The molecule has 0 bridgehead atoms. The zero-order valence-electron chi connectivity index (χ0n) is 9.49. The van der Waals surface area contributed by atoms with Crippen molar-refractivity contribution in [2.45, 2.75) is 6.54 Å². The monoisotopic (exact) mass is 367 g/mol. The Morgan fingerprint density at radius 1 is 0.944 bits per heavy atom. The molecule has 0 spiro atoms. The largest absolute Gasteiger partial charge is 0.348 e. The first-order valence-electron chi connectivity index (χ1n) is 5.44. The summed E-state index contributed by atoms with van der Waals surface area (Å²) in [5.41, 5.74) is 1.70. The lowest BCUT2D eigenvalue weighted by Crippen LogP contribution is -2.23. The average molecular weight is 369 g/mol. The van der Waals surface area contributed by atoms with Crippen LogP contribution in [-0.4, -0.2) is 5.91 Å². The lowest BCUT2D eigenvalue weighted by molar-refractivity contribution is 0.0950. The molecule has 1 N–H and O–H groups in total. The third-order valence-electron chi connectivity index (χ3n) is 2.52. The van der Waals surface area contributed by atoms with Crippen molar-refractivity contribution in [1.82, 2.24) is 5.32 Å². The van der Waals surface area contributed by atoms with Gasteiger partial charge in [-0.2, -0.15) is 0 Å². The summed E-state index contributed by atoms with van der Waals surface area (Å²) in [6.07, 6.45) is 0. The number of carbonyl (C=O) groups is 1. The summed E-state index contributed by atoms with van der Waals surface area (Å²) >= 11 is 6.82. The number of nitrogens with one attached hydrogen (secondary N) is 1. The van der Waals surface area contributed by atoms with Gasteiger partial charge in [-0.1, -0.05) is 46.3 Å². The summed E-state index contributed by atoms with van der Waals surface area (Å²) in [5, 5.41) is 2.90. The van der Waals surface area contributed by atoms with Crippen LogP contribution in [0.4, 0.5) is 0 Å². The molecule has 0 saturated carbocycles. The fourth-order valence-electron chi connectivity index (χ4n) is 1.56. The van der Waals surface area contributed by atoms with Crippen LogP contribution in [0.3, 0.4) is 0 Å². The summed E-state index contributed by atoms with van der Waals surface area (Å²) in [4.78, 5) is 12.0. The highest BCUT2D eigenvalue weighted by atomic mass is 79.9. The first kappa shape index (κ1) is 13.3. The van der Waals surface area contributed by atoms with Gasteiger partial charge in [0.05, 0.1) is 5.56 Å². The molecule has 0 radical (unpaired) electrons. The SMILES string of the molecule is O=C(NCc1ccccc1Br)c1ccccc1Br. The lowest BCUT2D eigenvalue weighted by atomic mass is 10.2. The zero-order chi connectivity index (χ0) is 13.0. The Morgan fingerprint density at radius 2 is 1.56 bits per heavy atom. The fourth-order valence-corrected chi connectivity index (χ4v) is 2.45. The first-order chi connectivity index (χ1) is 8.68. The topological polar surface area (TPSA) is 29.1 Å². The van der Waals surface area contributed by atoms with Crippen molar-refractivity contribution in [3.05, 3.63) is 68.6 Å². The van der Waals surface area contributed by atoms with Gasteiger partial charge in [-0.3, -0.25) is 4.79 Å².